The lowest BCUT2D eigenvalue weighted by Gasteiger charge is -2.13. The highest BCUT2D eigenvalue weighted by atomic mass is 16.5. The van der Waals surface area contributed by atoms with Crippen LogP contribution in [0, 0.1) is 17.2 Å². The summed E-state index contributed by atoms with van der Waals surface area (Å²) >= 11 is 0. The first-order valence-electron chi connectivity index (χ1n) is 8.44. The third-order valence-corrected chi connectivity index (χ3v) is 4.02. The van der Waals surface area contributed by atoms with Crippen molar-refractivity contribution in [2.45, 2.75) is 20.1 Å². The Balaban J connectivity index is 1.44. The zero-order valence-electron chi connectivity index (χ0n) is 14.4. The Labute approximate surface area is 147 Å². The van der Waals surface area contributed by atoms with Gasteiger partial charge in [-0.1, -0.05) is 37.3 Å². The van der Waals surface area contributed by atoms with Crippen molar-refractivity contribution < 1.29 is 4.74 Å². The topological polar surface area (TPSA) is 62.4 Å². The van der Waals surface area contributed by atoms with Gasteiger partial charge >= 0.3 is 0 Å². The van der Waals surface area contributed by atoms with Gasteiger partial charge in [0.1, 0.15) is 11.7 Å². The van der Waals surface area contributed by atoms with E-state index in [-0.39, 0.29) is 0 Å². The van der Waals surface area contributed by atoms with Gasteiger partial charge in [0.15, 0.2) is 0 Å². The van der Waals surface area contributed by atoms with Crippen LogP contribution < -0.4 is 5.32 Å². The van der Waals surface area contributed by atoms with Crippen LogP contribution in [0.15, 0.2) is 54.9 Å². The lowest BCUT2D eigenvalue weighted by atomic mass is 10.2. The van der Waals surface area contributed by atoms with Gasteiger partial charge in [-0.05, 0) is 23.6 Å². The van der Waals surface area contributed by atoms with E-state index >= 15 is 0 Å². The SMILES string of the molecule is CC(CNCc1cnc2ccc(C#N)cn12)COCc1ccccc1. The Hall–Kier alpha value is -2.68. The number of rotatable bonds is 8. The molecule has 2 aromatic heterocycles. The number of ether oxygens (including phenoxy) is 1. The van der Waals surface area contributed by atoms with Gasteiger partial charge in [0, 0.05) is 19.3 Å². The van der Waals surface area contributed by atoms with E-state index in [1.165, 1.54) is 5.56 Å². The summed E-state index contributed by atoms with van der Waals surface area (Å²) in [7, 11) is 0. The van der Waals surface area contributed by atoms with Gasteiger partial charge < -0.3 is 14.5 Å². The van der Waals surface area contributed by atoms with Gasteiger partial charge in [-0.25, -0.2) is 4.98 Å². The molecule has 0 radical (unpaired) electrons. The summed E-state index contributed by atoms with van der Waals surface area (Å²) in [5, 5.41) is 12.5. The van der Waals surface area contributed by atoms with Crippen molar-refractivity contribution in [3.05, 3.63) is 71.7 Å². The van der Waals surface area contributed by atoms with E-state index in [1.54, 1.807) is 6.07 Å². The van der Waals surface area contributed by atoms with Crippen LogP contribution in [0.5, 0.6) is 0 Å². The number of hydrogen-bond donors (Lipinski definition) is 1. The molecule has 3 rings (SSSR count). The molecular weight excluding hydrogens is 312 g/mol. The summed E-state index contributed by atoms with van der Waals surface area (Å²) in [6, 6.07) is 16.0. The number of fused-ring (bicyclic) bond motifs is 1. The van der Waals surface area contributed by atoms with Crippen LogP contribution >= 0.6 is 0 Å². The third kappa shape index (κ3) is 4.66. The molecule has 128 valence electrons. The molecule has 0 amide bonds. The first kappa shape index (κ1) is 17.2. The second-order valence-electron chi connectivity index (χ2n) is 6.24. The van der Waals surface area contributed by atoms with E-state index in [2.05, 4.69) is 35.4 Å². The molecule has 5 heteroatoms. The van der Waals surface area contributed by atoms with Crippen LogP contribution in [0.2, 0.25) is 0 Å². The average molecular weight is 334 g/mol. The van der Waals surface area contributed by atoms with Crippen molar-refractivity contribution >= 4 is 5.65 Å². The van der Waals surface area contributed by atoms with Crippen molar-refractivity contribution in [2.24, 2.45) is 5.92 Å². The molecule has 1 unspecified atom stereocenters. The maximum atomic E-state index is 9.03. The number of imidazole rings is 1. The Bertz CT molecular complexity index is 851. The largest absolute Gasteiger partial charge is 0.376 e. The maximum absolute atomic E-state index is 9.03. The number of pyridine rings is 1. The highest BCUT2D eigenvalue weighted by molar-refractivity contribution is 5.44. The fraction of sp³-hybridized carbons (Fsp3) is 0.300. The summed E-state index contributed by atoms with van der Waals surface area (Å²) in [4.78, 5) is 4.36. The molecule has 2 heterocycles. The Morgan fingerprint density at radius 1 is 1.24 bits per heavy atom. The summed E-state index contributed by atoms with van der Waals surface area (Å²) < 4.78 is 7.74. The molecule has 0 aliphatic rings. The first-order valence-corrected chi connectivity index (χ1v) is 8.44. The molecule has 0 fully saturated rings. The highest BCUT2D eigenvalue weighted by Gasteiger charge is 2.06. The van der Waals surface area contributed by atoms with Crippen LogP contribution in [0.1, 0.15) is 23.7 Å². The van der Waals surface area contributed by atoms with Crippen molar-refractivity contribution in [2.75, 3.05) is 13.2 Å². The van der Waals surface area contributed by atoms with Gasteiger partial charge in [-0.15, -0.1) is 0 Å². The van der Waals surface area contributed by atoms with Crippen molar-refractivity contribution in [3.63, 3.8) is 0 Å². The van der Waals surface area contributed by atoms with Gasteiger partial charge in [0.2, 0.25) is 0 Å². The molecule has 1 atom stereocenters. The number of aromatic nitrogens is 2. The molecule has 0 spiro atoms. The zero-order valence-corrected chi connectivity index (χ0v) is 14.4. The fourth-order valence-corrected chi connectivity index (χ4v) is 2.69. The minimum atomic E-state index is 0.414. The Morgan fingerprint density at radius 2 is 2.08 bits per heavy atom. The molecule has 5 nitrogen and oxygen atoms in total. The number of nitrogens with zero attached hydrogens (tertiary/aromatic N) is 3. The molecule has 1 aromatic carbocycles. The van der Waals surface area contributed by atoms with E-state index < -0.39 is 0 Å². The molecule has 1 N–H and O–H groups in total. The summed E-state index contributed by atoms with van der Waals surface area (Å²) in [6.07, 6.45) is 3.67. The average Bonchev–Trinajstić information content (AvgIpc) is 3.05. The molecule has 0 saturated carbocycles. The second kappa shape index (κ2) is 8.43. The van der Waals surface area contributed by atoms with E-state index in [0.29, 0.717) is 31.2 Å². The second-order valence-corrected chi connectivity index (χ2v) is 6.24. The van der Waals surface area contributed by atoms with E-state index in [9.17, 15) is 0 Å². The number of nitrogens with one attached hydrogen (secondary N) is 1. The van der Waals surface area contributed by atoms with Gasteiger partial charge in [0.05, 0.1) is 30.7 Å². The van der Waals surface area contributed by atoms with Crippen LogP contribution in [0.3, 0.4) is 0 Å². The van der Waals surface area contributed by atoms with E-state index in [4.69, 9.17) is 10.00 Å². The van der Waals surface area contributed by atoms with Crippen molar-refractivity contribution in [1.29, 1.82) is 5.26 Å². The predicted octanol–water partition coefficient (Wildman–Crippen LogP) is 3.15. The van der Waals surface area contributed by atoms with Crippen LogP contribution in [0.25, 0.3) is 5.65 Å². The highest BCUT2D eigenvalue weighted by Crippen LogP contribution is 2.09. The van der Waals surface area contributed by atoms with E-state index in [0.717, 1.165) is 17.9 Å². The van der Waals surface area contributed by atoms with Crippen LogP contribution in [-0.4, -0.2) is 22.5 Å². The number of benzene rings is 1. The maximum Gasteiger partial charge on any atom is 0.137 e. The molecule has 0 bridgehead atoms. The standard InChI is InChI=1S/C20H22N4O/c1-16(14-25-15-17-5-3-2-4-6-17)10-22-11-19-12-23-20-8-7-18(9-21)13-24(19)20/h2-8,12-13,16,22H,10-11,14-15H2,1H3. The number of hydrogen-bond acceptors (Lipinski definition) is 4. The van der Waals surface area contributed by atoms with Gasteiger partial charge in [0.25, 0.3) is 0 Å². The molecule has 25 heavy (non-hydrogen) atoms. The normalized spacial score (nSPS) is 12.2. The minimum Gasteiger partial charge on any atom is -0.376 e. The summed E-state index contributed by atoms with van der Waals surface area (Å²) in [6.45, 7) is 5.10. The van der Waals surface area contributed by atoms with Crippen LogP contribution in [0.4, 0.5) is 0 Å². The van der Waals surface area contributed by atoms with Crippen molar-refractivity contribution in [3.8, 4) is 6.07 Å². The smallest absolute Gasteiger partial charge is 0.137 e. The predicted molar refractivity (Wildman–Crippen MR) is 96.9 cm³/mol. The molecule has 0 saturated heterocycles. The minimum absolute atomic E-state index is 0.414. The number of nitriles is 1. The first-order chi connectivity index (χ1) is 12.3. The lowest BCUT2D eigenvalue weighted by molar-refractivity contribution is 0.0917. The molecule has 0 aliphatic heterocycles. The van der Waals surface area contributed by atoms with Crippen molar-refractivity contribution in [1.82, 2.24) is 14.7 Å². The lowest BCUT2D eigenvalue weighted by Crippen LogP contribution is -2.24. The monoisotopic (exact) mass is 334 g/mol. The van der Waals surface area contributed by atoms with E-state index in [1.807, 2.05) is 41.1 Å². The van der Waals surface area contributed by atoms with Gasteiger partial charge in [-0.3, -0.25) is 0 Å². The molecular formula is C20H22N4O. The molecule has 3 aromatic rings. The summed E-state index contributed by atoms with van der Waals surface area (Å²) in [5.41, 5.74) is 3.73. The Kier molecular flexibility index (Phi) is 5.78. The fourth-order valence-electron chi connectivity index (χ4n) is 2.69. The quantitative estimate of drug-likeness (QED) is 0.687. The third-order valence-electron chi connectivity index (χ3n) is 4.02. The Morgan fingerprint density at radius 3 is 2.88 bits per heavy atom. The zero-order chi connectivity index (χ0) is 17.5. The van der Waals surface area contributed by atoms with Crippen LogP contribution in [-0.2, 0) is 17.9 Å². The van der Waals surface area contributed by atoms with Gasteiger partial charge in [-0.2, -0.15) is 5.26 Å². The summed E-state index contributed by atoms with van der Waals surface area (Å²) in [5.74, 6) is 0.414. The molecule has 0 aliphatic carbocycles.